The Kier molecular flexibility index (Phi) is 3.28. The summed E-state index contributed by atoms with van der Waals surface area (Å²) in [5.74, 6) is -0.121. The lowest BCUT2D eigenvalue weighted by molar-refractivity contribution is 0.0520. The summed E-state index contributed by atoms with van der Waals surface area (Å²) in [4.78, 5) is 19.7. The first-order valence-corrected chi connectivity index (χ1v) is 5.71. The van der Waals surface area contributed by atoms with Crippen LogP contribution in [0.2, 0.25) is 0 Å². The van der Waals surface area contributed by atoms with Crippen LogP contribution >= 0.6 is 15.9 Å². The standard InChI is InChI=1S/C10H10BrN3O3/c1-3-17-10(15)6-4-14-5-7(11)13-9(16-2)8(14)12-6/h4-5H,3H2,1-2H3. The second-order valence-corrected chi connectivity index (χ2v) is 3.96. The molecule has 2 rings (SSSR count). The molecule has 0 radical (unpaired) electrons. The Morgan fingerprint density at radius 3 is 2.88 bits per heavy atom. The highest BCUT2D eigenvalue weighted by molar-refractivity contribution is 9.10. The van der Waals surface area contributed by atoms with Gasteiger partial charge in [-0.25, -0.2) is 14.8 Å². The van der Waals surface area contributed by atoms with Crippen molar-refractivity contribution in [3.63, 3.8) is 0 Å². The SMILES string of the molecule is CCOC(=O)c1cn2cc(Br)nc(OC)c2n1. The molecule has 90 valence electrons. The van der Waals surface area contributed by atoms with E-state index >= 15 is 0 Å². The molecule has 0 aliphatic rings. The maximum absolute atomic E-state index is 11.5. The van der Waals surface area contributed by atoms with Crippen molar-refractivity contribution in [3.05, 3.63) is 22.7 Å². The quantitative estimate of drug-likeness (QED) is 0.807. The molecule has 0 saturated heterocycles. The van der Waals surface area contributed by atoms with Gasteiger partial charge in [-0.05, 0) is 22.9 Å². The van der Waals surface area contributed by atoms with Crippen molar-refractivity contribution in [2.24, 2.45) is 0 Å². The maximum Gasteiger partial charge on any atom is 0.358 e. The molecule has 2 heterocycles. The summed E-state index contributed by atoms with van der Waals surface area (Å²) in [5, 5.41) is 0. The van der Waals surface area contributed by atoms with Crippen LogP contribution in [0.4, 0.5) is 0 Å². The number of hydrogen-bond donors (Lipinski definition) is 0. The third-order valence-electron chi connectivity index (χ3n) is 2.06. The second-order valence-electron chi connectivity index (χ2n) is 3.15. The van der Waals surface area contributed by atoms with Gasteiger partial charge in [0.25, 0.3) is 5.88 Å². The van der Waals surface area contributed by atoms with Crippen LogP contribution in [0.1, 0.15) is 17.4 Å². The molecule has 2 aromatic rings. The average Bonchev–Trinajstić information content (AvgIpc) is 2.71. The minimum Gasteiger partial charge on any atom is -0.478 e. The molecule has 0 fully saturated rings. The van der Waals surface area contributed by atoms with E-state index in [2.05, 4.69) is 25.9 Å². The molecule has 0 spiro atoms. The zero-order valence-corrected chi connectivity index (χ0v) is 10.9. The number of halogens is 1. The van der Waals surface area contributed by atoms with E-state index < -0.39 is 5.97 Å². The Morgan fingerprint density at radius 2 is 2.24 bits per heavy atom. The van der Waals surface area contributed by atoms with Gasteiger partial charge in [0.1, 0.15) is 4.60 Å². The first-order chi connectivity index (χ1) is 8.15. The van der Waals surface area contributed by atoms with Crippen LogP contribution in [0.15, 0.2) is 17.0 Å². The first kappa shape index (κ1) is 11.8. The number of fused-ring (bicyclic) bond motifs is 1. The number of ether oxygens (including phenoxy) is 2. The topological polar surface area (TPSA) is 65.7 Å². The molecule has 0 amide bonds. The lowest BCUT2D eigenvalue weighted by Crippen LogP contribution is -2.04. The van der Waals surface area contributed by atoms with Gasteiger partial charge in [0.15, 0.2) is 5.69 Å². The third kappa shape index (κ3) is 2.23. The van der Waals surface area contributed by atoms with Gasteiger partial charge in [-0.1, -0.05) is 0 Å². The normalized spacial score (nSPS) is 10.5. The Morgan fingerprint density at radius 1 is 1.47 bits per heavy atom. The van der Waals surface area contributed by atoms with Gasteiger partial charge in [-0.15, -0.1) is 0 Å². The van der Waals surface area contributed by atoms with Gasteiger partial charge in [-0.3, -0.25) is 4.40 Å². The molecule has 0 bridgehead atoms. The van der Waals surface area contributed by atoms with Crippen molar-refractivity contribution in [3.8, 4) is 5.88 Å². The predicted molar refractivity (Wildman–Crippen MR) is 63.2 cm³/mol. The molecule has 0 N–H and O–H groups in total. The van der Waals surface area contributed by atoms with E-state index in [-0.39, 0.29) is 5.69 Å². The fourth-order valence-corrected chi connectivity index (χ4v) is 1.76. The van der Waals surface area contributed by atoms with Gasteiger partial charge in [0, 0.05) is 12.4 Å². The van der Waals surface area contributed by atoms with E-state index in [9.17, 15) is 4.79 Å². The monoisotopic (exact) mass is 299 g/mol. The van der Waals surface area contributed by atoms with Gasteiger partial charge in [-0.2, -0.15) is 0 Å². The van der Waals surface area contributed by atoms with Crippen LogP contribution in [0.25, 0.3) is 5.65 Å². The van der Waals surface area contributed by atoms with Crippen molar-refractivity contribution in [1.29, 1.82) is 0 Å². The summed E-state index contributed by atoms with van der Waals surface area (Å²) in [6.07, 6.45) is 3.26. The fraction of sp³-hybridized carbons (Fsp3) is 0.300. The number of imidazole rings is 1. The molecule has 17 heavy (non-hydrogen) atoms. The Labute approximate surface area is 106 Å². The lowest BCUT2D eigenvalue weighted by Gasteiger charge is -2.00. The summed E-state index contributed by atoms with van der Waals surface area (Å²) >= 11 is 3.25. The van der Waals surface area contributed by atoms with E-state index in [4.69, 9.17) is 9.47 Å². The summed E-state index contributed by atoms with van der Waals surface area (Å²) in [6, 6.07) is 0. The van der Waals surface area contributed by atoms with Crippen molar-refractivity contribution >= 4 is 27.5 Å². The lowest BCUT2D eigenvalue weighted by atomic mass is 10.5. The Bertz CT molecular complexity index is 567. The number of methoxy groups -OCH3 is 1. The van der Waals surface area contributed by atoms with Crippen LogP contribution < -0.4 is 4.74 Å². The summed E-state index contributed by atoms with van der Waals surface area (Å²) in [7, 11) is 1.49. The Balaban J connectivity index is 2.53. The van der Waals surface area contributed by atoms with Crippen molar-refractivity contribution in [2.75, 3.05) is 13.7 Å². The number of rotatable bonds is 3. The van der Waals surface area contributed by atoms with Gasteiger partial charge in [0.2, 0.25) is 5.65 Å². The predicted octanol–water partition coefficient (Wildman–Crippen LogP) is 1.68. The molecule has 0 aliphatic heterocycles. The molecule has 6 nitrogen and oxygen atoms in total. The van der Waals surface area contributed by atoms with Crippen molar-refractivity contribution < 1.29 is 14.3 Å². The maximum atomic E-state index is 11.5. The highest BCUT2D eigenvalue weighted by Crippen LogP contribution is 2.20. The van der Waals surface area contributed by atoms with Crippen molar-refractivity contribution in [2.45, 2.75) is 6.92 Å². The molecule has 0 unspecified atom stereocenters. The second kappa shape index (κ2) is 4.70. The van der Waals surface area contributed by atoms with E-state index in [0.717, 1.165) is 0 Å². The zero-order valence-electron chi connectivity index (χ0n) is 9.31. The van der Waals surface area contributed by atoms with Crippen LogP contribution in [0.3, 0.4) is 0 Å². The first-order valence-electron chi connectivity index (χ1n) is 4.92. The summed E-state index contributed by atoms with van der Waals surface area (Å²) < 4.78 is 12.2. The third-order valence-corrected chi connectivity index (χ3v) is 2.44. The molecule has 0 aliphatic carbocycles. The van der Waals surface area contributed by atoms with Crippen LogP contribution in [0, 0.1) is 0 Å². The van der Waals surface area contributed by atoms with Gasteiger partial charge < -0.3 is 9.47 Å². The van der Waals surface area contributed by atoms with Gasteiger partial charge in [0.05, 0.1) is 13.7 Å². The van der Waals surface area contributed by atoms with E-state index in [0.29, 0.717) is 22.7 Å². The smallest absolute Gasteiger partial charge is 0.358 e. The number of hydrogen-bond acceptors (Lipinski definition) is 5. The van der Waals surface area contributed by atoms with Crippen LogP contribution in [-0.2, 0) is 4.74 Å². The molecular formula is C10H10BrN3O3. The summed E-state index contributed by atoms with van der Waals surface area (Å²) in [5.41, 5.74) is 0.698. The number of carbonyl (C=O) groups excluding carboxylic acids is 1. The molecule has 0 atom stereocenters. The molecule has 0 aromatic carbocycles. The molecule has 7 heteroatoms. The Hall–Kier alpha value is -1.63. The number of nitrogens with zero attached hydrogens (tertiary/aromatic N) is 3. The molecule has 0 saturated carbocycles. The minimum atomic E-state index is -0.464. The highest BCUT2D eigenvalue weighted by atomic mass is 79.9. The van der Waals surface area contributed by atoms with E-state index in [1.807, 2.05) is 0 Å². The van der Waals surface area contributed by atoms with Crippen LogP contribution in [0.5, 0.6) is 5.88 Å². The number of aromatic nitrogens is 3. The van der Waals surface area contributed by atoms with Gasteiger partial charge >= 0.3 is 5.97 Å². The summed E-state index contributed by atoms with van der Waals surface area (Å²) in [6.45, 7) is 2.05. The van der Waals surface area contributed by atoms with E-state index in [1.54, 1.807) is 23.7 Å². The average molecular weight is 300 g/mol. The van der Waals surface area contributed by atoms with Crippen LogP contribution in [-0.4, -0.2) is 34.1 Å². The minimum absolute atomic E-state index is 0.227. The van der Waals surface area contributed by atoms with E-state index in [1.165, 1.54) is 7.11 Å². The fourth-order valence-electron chi connectivity index (χ4n) is 1.38. The zero-order chi connectivity index (χ0) is 12.4. The highest BCUT2D eigenvalue weighted by Gasteiger charge is 2.15. The number of esters is 1. The molecule has 2 aromatic heterocycles. The number of carbonyl (C=O) groups is 1. The largest absolute Gasteiger partial charge is 0.478 e. The van der Waals surface area contributed by atoms with Crippen molar-refractivity contribution in [1.82, 2.24) is 14.4 Å². The molecular weight excluding hydrogens is 290 g/mol.